The molecule has 350 valence electrons. The lowest BCUT2D eigenvalue weighted by molar-refractivity contribution is -0.255. The van der Waals surface area contributed by atoms with E-state index in [1.54, 1.807) is 0 Å². The Morgan fingerprint density at radius 3 is 1.90 bits per heavy atom. The van der Waals surface area contributed by atoms with Crippen molar-refractivity contribution in [3.05, 3.63) is 222 Å². The Bertz CT molecular complexity index is 6270. The minimum Gasteiger partial charge on any atom is -0.456 e. The van der Waals surface area contributed by atoms with Crippen LogP contribution in [0.15, 0.2) is 224 Å². The zero-order valence-corrected chi connectivity index (χ0v) is 35.9. The zero-order chi connectivity index (χ0) is 78.5. The number of para-hydroxylation sites is 3. The molecule has 2 atom stereocenters. The molecule has 0 spiro atoms. The van der Waals surface area contributed by atoms with Crippen molar-refractivity contribution in [3.8, 4) is 33.4 Å². The second kappa shape index (κ2) is 16.3. The smallest absolute Gasteiger partial charge is 0.368 e. The van der Waals surface area contributed by atoms with E-state index in [9.17, 15) is 42.0 Å². The van der Waals surface area contributed by atoms with E-state index >= 15 is 0 Å². The fraction of sp³-hybridized carbons (Fsp3) is 0.0476. The summed E-state index contributed by atoms with van der Waals surface area (Å²) in [4.78, 5) is 37.4. The van der Waals surface area contributed by atoms with Gasteiger partial charge in [-0.3, -0.25) is 9.78 Å². The van der Waals surface area contributed by atoms with E-state index in [2.05, 4.69) is 9.78 Å². The molecule has 73 heavy (non-hydrogen) atoms. The Morgan fingerprint density at radius 1 is 0.521 bits per heavy atom. The van der Waals surface area contributed by atoms with Gasteiger partial charge in [-0.1, -0.05) is 145 Å². The van der Waals surface area contributed by atoms with Crippen LogP contribution in [0.1, 0.15) is 70.5 Å². The number of allylic oxidation sites excluding steroid dienone is 3. The van der Waals surface area contributed by atoms with Crippen molar-refractivity contribution in [2.75, 3.05) is 4.90 Å². The van der Waals surface area contributed by atoms with Gasteiger partial charge in [0, 0.05) is 63.3 Å². The fourth-order valence-corrected chi connectivity index (χ4v) is 9.02. The number of benzene rings is 9. The third-order valence-corrected chi connectivity index (χ3v) is 12.1. The summed E-state index contributed by atoms with van der Waals surface area (Å²) in [6.07, 6.45) is -5.21. The number of rotatable bonds is 8. The first kappa shape index (κ1) is 20.3. The minimum atomic E-state index is -3.87. The number of anilines is 2. The molecule has 2 aliphatic carbocycles. The quantitative estimate of drug-likeness (QED) is 0.0860. The van der Waals surface area contributed by atoms with Crippen molar-refractivity contribution < 1.29 is 89.7 Å². The number of carbonyl (C=O) groups excluding carboxylic acids is 2. The van der Waals surface area contributed by atoms with Gasteiger partial charge in [0.15, 0.2) is 0 Å². The molecular formula is C63H39NO9. The Balaban J connectivity index is 1.15. The molecule has 2 N–H and O–H groups in total. The van der Waals surface area contributed by atoms with Crippen molar-refractivity contribution in [1.29, 1.82) is 0 Å². The molecule has 2 aliphatic rings. The van der Waals surface area contributed by atoms with E-state index in [0.29, 0.717) is 4.90 Å². The van der Waals surface area contributed by atoms with E-state index in [1.165, 1.54) is 0 Å². The van der Waals surface area contributed by atoms with Crippen LogP contribution in [0.4, 0.5) is 11.4 Å². The lowest BCUT2D eigenvalue weighted by Gasteiger charge is -2.32. The molecule has 10 heteroatoms. The van der Waals surface area contributed by atoms with Crippen LogP contribution in [-0.2, 0) is 24.8 Å². The van der Waals surface area contributed by atoms with Gasteiger partial charge in [-0.2, -0.15) is 10.5 Å². The van der Waals surface area contributed by atoms with Crippen molar-refractivity contribution in [2.24, 2.45) is 0 Å². The number of hydrogen-bond acceptors (Lipinski definition) is 10. The highest BCUT2D eigenvalue weighted by Crippen LogP contribution is 2.54. The van der Waals surface area contributed by atoms with E-state index in [4.69, 9.17) is 37.9 Å². The summed E-state index contributed by atoms with van der Waals surface area (Å²) in [5.41, 5.74) is -21.8. The average Bonchev–Trinajstić information content (AvgIpc) is 1.53. The van der Waals surface area contributed by atoms with E-state index in [-0.39, 0.29) is 0 Å². The highest BCUT2D eigenvalue weighted by atomic mass is 17.1. The van der Waals surface area contributed by atoms with Gasteiger partial charge in [0.1, 0.15) is 33.5 Å². The van der Waals surface area contributed by atoms with E-state index in [0.717, 1.165) is 6.07 Å². The Hall–Kier alpha value is -9.48. The van der Waals surface area contributed by atoms with Crippen LogP contribution in [0, 0.1) is 0 Å². The van der Waals surface area contributed by atoms with Gasteiger partial charge in [-0.25, -0.2) is 9.59 Å². The number of furan rings is 3. The topological polar surface area (TPSA) is 136 Å². The molecule has 3 heterocycles. The van der Waals surface area contributed by atoms with Gasteiger partial charge in [0.05, 0.1) is 43.9 Å². The van der Waals surface area contributed by atoms with Gasteiger partial charge < -0.3 is 18.2 Å². The van der Waals surface area contributed by atoms with Crippen molar-refractivity contribution in [2.45, 2.75) is 18.2 Å². The standard InChI is InChI=1S/C63H39NO9/c65-61(72-67)63(62(66)73-68)51-18-7-4-13-44(51)45-31-29-42(34-52(45)63)64(40-27-25-37(26-28-40)36-11-2-1-3-12-36)41-30-32-55-49(33-41)50-35-56-58(48-15-6-9-20-54(48)69-56)57(60(50)71-55)39-23-21-38(22-24-39)43-16-10-17-47-46-14-5-8-19-53(46)70-59(43)47/h1-28,30,32-35,67-68H,29,31H2/i1D,2D,3D,4D,5D,6D,7D,8D,9D,10D,11D,12D,13D,14D,15D,16D,17D,18D,19D,20D,21D,22D,23D,24D,25D,26D,27D,28D,29D,30D,31D,32D,34D,35D. The predicted octanol–water partition coefficient (Wildman–Crippen LogP) is 15.9. The molecule has 0 bridgehead atoms. The van der Waals surface area contributed by atoms with Crippen LogP contribution in [0.3, 0.4) is 0 Å². The van der Waals surface area contributed by atoms with Crippen LogP contribution < -0.4 is 4.90 Å². The SMILES string of the molecule is [2H]C1=C(N(c2cc3c(oc4c(-c5c([2H])c([2H])c(-c6c([2H])c([2H])c([2H])c7c6oc6c([2H])c([2H])c([2H])c([2H])c67)c([2H])c5[2H])c5c(oc6c([2H])c([2H])c([2H])c([2H])c65)c([2H])c43)c([2H])c2[2H])c2c([2H])c([2H])c(-c3c([2H])c([2H])c([2H])c([2H])c3[2H])c([2H])c2[2H])C([2H])C([2H])C2=C1C(C(=O)OO)(C(=O)OO)c1c([2H])c([2H])c([2H])c([2H])c12. The molecule has 0 fully saturated rings. The molecule has 9 aromatic carbocycles. The van der Waals surface area contributed by atoms with Crippen molar-refractivity contribution >= 4 is 94.7 Å². The average molecular weight is 988 g/mol. The lowest BCUT2D eigenvalue weighted by atomic mass is 9.75. The van der Waals surface area contributed by atoms with Crippen LogP contribution in [0.5, 0.6) is 0 Å². The lowest BCUT2D eigenvalue weighted by Crippen LogP contribution is -2.46. The number of nitrogens with zero attached hydrogens (tertiary/aromatic N) is 1. The predicted molar refractivity (Wildman–Crippen MR) is 283 cm³/mol. The van der Waals surface area contributed by atoms with Crippen molar-refractivity contribution in [1.82, 2.24) is 0 Å². The normalized spacial score (nSPS) is 22.7. The first-order valence-electron chi connectivity index (χ1n) is 38.2. The maximum atomic E-state index is 14.5. The van der Waals surface area contributed by atoms with Crippen LogP contribution >= 0.6 is 0 Å². The first-order chi connectivity index (χ1) is 50.1. The molecule has 0 saturated carbocycles. The van der Waals surface area contributed by atoms with Crippen LogP contribution in [0.2, 0.25) is 0 Å². The number of fused-ring (bicyclic) bond motifs is 11. The molecular weight excluding hydrogens is 915 g/mol. The van der Waals surface area contributed by atoms with E-state index in [1.807, 2.05) is 0 Å². The first-order valence-corrected chi connectivity index (χ1v) is 21.1. The summed E-state index contributed by atoms with van der Waals surface area (Å²) in [6.45, 7) is 0. The summed E-state index contributed by atoms with van der Waals surface area (Å²) in [5.74, 6) is -4.64. The summed E-state index contributed by atoms with van der Waals surface area (Å²) in [7, 11) is 0. The molecule has 10 nitrogen and oxygen atoms in total. The second-order valence-corrected chi connectivity index (χ2v) is 15.8. The molecule has 0 amide bonds. The summed E-state index contributed by atoms with van der Waals surface area (Å²) in [6, 6.07) is -33.8. The van der Waals surface area contributed by atoms with Gasteiger partial charge >= 0.3 is 11.9 Å². The third kappa shape index (κ3) is 6.24. The molecule has 3 aromatic heterocycles. The molecule has 14 rings (SSSR count). The van der Waals surface area contributed by atoms with Gasteiger partial charge in [-0.05, 0) is 112 Å². The van der Waals surface area contributed by atoms with Crippen molar-refractivity contribution in [3.63, 3.8) is 0 Å². The molecule has 0 radical (unpaired) electrons. The summed E-state index contributed by atoms with van der Waals surface area (Å²) >= 11 is 0. The van der Waals surface area contributed by atoms with E-state index < -0.39 is 362 Å². The summed E-state index contributed by atoms with van der Waals surface area (Å²) in [5, 5.41) is 16.9. The Kier molecular flexibility index (Phi) is 4.54. The number of hydrogen-bond donors (Lipinski definition) is 2. The molecule has 0 saturated heterocycles. The second-order valence-electron chi connectivity index (χ2n) is 15.8. The largest absolute Gasteiger partial charge is 0.456 e. The van der Waals surface area contributed by atoms with Gasteiger partial charge in [0.25, 0.3) is 0 Å². The summed E-state index contributed by atoms with van der Waals surface area (Å²) < 4.78 is 331. The Morgan fingerprint density at radius 2 is 1.12 bits per heavy atom. The van der Waals surface area contributed by atoms with Gasteiger partial charge in [-0.15, -0.1) is 0 Å². The number of carbonyl (C=O) groups is 2. The monoisotopic (exact) mass is 987 g/mol. The maximum Gasteiger partial charge on any atom is 0.368 e. The van der Waals surface area contributed by atoms with Crippen LogP contribution in [-0.4, -0.2) is 22.5 Å². The van der Waals surface area contributed by atoms with Gasteiger partial charge in [0.2, 0.25) is 5.41 Å². The zero-order valence-electron chi connectivity index (χ0n) is 69.9. The fourth-order valence-electron chi connectivity index (χ4n) is 9.02. The molecule has 12 aromatic rings. The maximum absolute atomic E-state index is 14.5. The highest BCUT2D eigenvalue weighted by molar-refractivity contribution is 6.24. The molecule has 0 aliphatic heterocycles. The minimum absolute atomic E-state index is 0.312. The molecule has 2 unspecified atom stereocenters. The van der Waals surface area contributed by atoms with Crippen LogP contribution in [0.25, 0.3) is 105 Å². The third-order valence-electron chi connectivity index (χ3n) is 12.1. The Labute approximate surface area is 463 Å². The highest BCUT2D eigenvalue weighted by Gasteiger charge is 2.60.